The maximum atomic E-state index is 12.2. The van der Waals surface area contributed by atoms with Crippen molar-refractivity contribution in [2.45, 2.75) is 0 Å². The molecule has 0 aliphatic rings. The molecule has 9 heteroatoms. The minimum absolute atomic E-state index is 0.176. The van der Waals surface area contributed by atoms with E-state index in [0.717, 1.165) is 12.1 Å². The lowest BCUT2D eigenvalue weighted by Crippen LogP contribution is -2.14. The van der Waals surface area contributed by atoms with Gasteiger partial charge in [0.15, 0.2) is 6.61 Å². The summed E-state index contributed by atoms with van der Waals surface area (Å²) in [6, 6.07) is 6.72. The van der Waals surface area contributed by atoms with Crippen molar-refractivity contribution in [3.8, 4) is 11.5 Å². The average Bonchev–Trinajstić information content (AvgIpc) is 3.09. The third-order valence-electron chi connectivity index (χ3n) is 3.01. The van der Waals surface area contributed by atoms with Crippen molar-refractivity contribution in [2.75, 3.05) is 20.8 Å². The van der Waals surface area contributed by atoms with E-state index in [2.05, 4.69) is 0 Å². The Bertz CT molecular complexity index is 780. The lowest BCUT2D eigenvalue weighted by Gasteiger charge is -2.09. The molecule has 9 nitrogen and oxygen atoms in total. The molecule has 0 fully saturated rings. The van der Waals surface area contributed by atoms with E-state index in [1.807, 2.05) is 0 Å². The Morgan fingerprint density at radius 2 is 1.92 bits per heavy atom. The fourth-order valence-electron chi connectivity index (χ4n) is 1.85. The first-order valence-corrected chi connectivity index (χ1v) is 6.63. The first-order chi connectivity index (χ1) is 11.5. The van der Waals surface area contributed by atoms with Crippen molar-refractivity contribution >= 4 is 17.6 Å². The van der Waals surface area contributed by atoms with Gasteiger partial charge >= 0.3 is 11.9 Å². The largest absolute Gasteiger partial charge is 0.497 e. The van der Waals surface area contributed by atoms with E-state index in [1.54, 1.807) is 12.1 Å². The van der Waals surface area contributed by atoms with Crippen LogP contribution in [0.4, 0.5) is 5.88 Å². The second-order valence-electron chi connectivity index (χ2n) is 4.46. The summed E-state index contributed by atoms with van der Waals surface area (Å²) < 4.78 is 19.6. The highest BCUT2D eigenvalue weighted by atomic mass is 16.7. The van der Waals surface area contributed by atoms with Crippen LogP contribution in [0.1, 0.15) is 20.9 Å². The lowest BCUT2D eigenvalue weighted by atomic mass is 10.1. The van der Waals surface area contributed by atoms with Crippen LogP contribution in [-0.2, 0) is 4.74 Å². The number of carbonyl (C=O) groups is 2. The van der Waals surface area contributed by atoms with Crippen molar-refractivity contribution in [2.24, 2.45) is 0 Å². The summed E-state index contributed by atoms with van der Waals surface area (Å²) in [5.74, 6) is -1.74. The third kappa shape index (κ3) is 3.69. The number of rotatable bonds is 7. The molecule has 0 aliphatic heterocycles. The molecule has 0 bridgehead atoms. The van der Waals surface area contributed by atoms with E-state index in [4.69, 9.17) is 18.6 Å². The van der Waals surface area contributed by atoms with E-state index < -0.39 is 29.2 Å². The zero-order valence-corrected chi connectivity index (χ0v) is 12.8. The fourth-order valence-corrected chi connectivity index (χ4v) is 1.85. The van der Waals surface area contributed by atoms with Crippen LogP contribution in [0.3, 0.4) is 0 Å². The van der Waals surface area contributed by atoms with Crippen LogP contribution < -0.4 is 9.47 Å². The number of Topliss-reactive ketones (excluding diaryl/α,β-unsaturated/α-hetero) is 1. The molecule has 1 heterocycles. The average molecular weight is 335 g/mol. The number of nitrogens with zero attached hydrogens (tertiary/aromatic N) is 1. The van der Waals surface area contributed by atoms with Gasteiger partial charge in [-0.15, -0.1) is 0 Å². The molecule has 0 saturated carbocycles. The van der Waals surface area contributed by atoms with Gasteiger partial charge in [-0.3, -0.25) is 14.9 Å². The number of furan rings is 1. The van der Waals surface area contributed by atoms with Crippen molar-refractivity contribution in [1.29, 1.82) is 0 Å². The number of methoxy groups -OCH3 is 2. The highest BCUT2D eigenvalue weighted by molar-refractivity contribution is 6.01. The number of carbonyl (C=O) groups excluding carboxylic acids is 2. The van der Waals surface area contributed by atoms with Gasteiger partial charge in [-0.25, -0.2) is 4.79 Å². The highest BCUT2D eigenvalue weighted by Crippen LogP contribution is 2.24. The summed E-state index contributed by atoms with van der Waals surface area (Å²) in [5, 5.41) is 10.5. The minimum atomic E-state index is -0.988. The van der Waals surface area contributed by atoms with Gasteiger partial charge in [-0.2, -0.15) is 0 Å². The Morgan fingerprint density at radius 3 is 2.50 bits per heavy atom. The van der Waals surface area contributed by atoms with Crippen molar-refractivity contribution < 1.29 is 33.1 Å². The van der Waals surface area contributed by atoms with Gasteiger partial charge in [0.05, 0.1) is 25.8 Å². The van der Waals surface area contributed by atoms with Crippen molar-refractivity contribution in [3.05, 3.63) is 51.8 Å². The molecule has 0 aliphatic carbocycles. The van der Waals surface area contributed by atoms with E-state index in [1.165, 1.54) is 20.3 Å². The number of hydrogen-bond donors (Lipinski definition) is 0. The lowest BCUT2D eigenvalue weighted by molar-refractivity contribution is -0.402. The number of ether oxygens (including phenoxy) is 3. The summed E-state index contributed by atoms with van der Waals surface area (Å²) in [6.07, 6.45) is 0. The smallest absolute Gasteiger partial charge is 0.433 e. The second-order valence-corrected chi connectivity index (χ2v) is 4.46. The van der Waals surface area contributed by atoms with E-state index in [0.29, 0.717) is 11.5 Å². The molecule has 0 saturated heterocycles. The Hall–Kier alpha value is -3.36. The fraction of sp³-hybridized carbons (Fsp3) is 0.200. The maximum Gasteiger partial charge on any atom is 0.433 e. The first-order valence-electron chi connectivity index (χ1n) is 6.63. The van der Waals surface area contributed by atoms with Crippen LogP contribution in [0.5, 0.6) is 11.5 Å². The molecular weight excluding hydrogens is 322 g/mol. The maximum absolute atomic E-state index is 12.2. The summed E-state index contributed by atoms with van der Waals surface area (Å²) >= 11 is 0. The van der Waals surface area contributed by atoms with Crippen LogP contribution >= 0.6 is 0 Å². The number of esters is 1. The number of ketones is 1. The van der Waals surface area contributed by atoms with E-state index in [-0.39, 0.29) is 11.3 Å². The van der Waals surface area contributed by atoms with Gasteiger partial charge in [0, 0.05) is 0 Å². The number of nitro groups is 1. The van der Waals surface area contributed by atoms with Crippen LogP contribution in [0, 0.1) is 10.1 Å². The van der Waals surface area contributed by atoms with Gasteiger partial charge in [-0.1, -0.05) is 0 Å². The zero-order chi connectivity index (χ0) is 17.7. The van der Waals surface area contributed by atoms with Crippen LogP contribution in [-0.4, -0.2) is 37.5 Å². The molecule has 2 rings (SSSR count). The second kappa shape index (κ2) is 7.27. The molecule has 2 aromatic rings. The minimum Gasteiger partial charge on any atom is -0.497 e. The predicted molar refractivity (Wildman–Crippen MR) is 79.5 cm³/mol. The Kier molecular flexibility index (Phi) is 5.15. The summed E-state index contributed by atoms with van der Waals surface area (Å²) in [4.78, 5) is 33.6. The monoisotopic (exact) mass is 335 g/mol. The van der Waals surface area contributed by atoms with E-state index in [9.17, 15) is 19.7 Å². The predicted octanol–water partition coefficient (Wildman–Crippen LogP) is 2.24. The Morgan fingerprint density at radius 1 is 1.17 bits per heavy atom. The normalized spacial score (nSPS) is 10.1. The summed E-state index contributed by atoms with van der Waals surface area (Å²) in [6.45, 7) is -0.586. The standard InChI is InChI=1S/C15H13NO8/c1-21-9-3-4-12(22-2)10(7-9)11(17)8-23-15(18)13-5-6-14(24-13)16(19)20/h3-7H,8H2,1-2H3. The Balaban J connectivity index is 2.07. The van der Waals surface area contributed by atoms with Crippen molar-refractivity contribution in [1.82, 2.24) is 0 Å². The van der Waals surface area contributed by atoms with Crippen LogP contribution in [0.15, 0.2) is 34.7 Å². The molecule has 24 heavy (non-hydrogen) atoms. The molecule has 0 radical (unpaired) electrons. The molecule has 126 valence electrons. The van der Waals surface area contributed by atoms with Gasteiger partial charge in [-0.05, 0) is 24.3 Å². The molecule has 0 unspecified atom stereocenters. The summed E-state index contributed by atoms with van der Waals surface area (Å²) in [5.41, 5.74) is 0.176. The van der Waals surface area contributed by atoms with Gasteiger partial charge in [0.25, 0.3) is 0 Å². The quantitative estimate of drug-likeness (QED) is 0.327. The van der Waals surface area contributed by atoms with Gasteiger partial charge in [0.1, 0.15) is 16.4 Å². The molecule has 0 N–H and O–H groups in total. The molecule has 1 aromatic heterocycles. The SMILES string of the molecule is COc1ccc(OC)c(C(=O)COC(=O)c2ccc([N+](=O)[O-])o2)c1. The Labute approximate surface area is 135 Å². The summed E-state index contributed by atoms with van der Waals surface area (Å²) in [7, 11) is 2.84. The highest BCUT2D eigenvalue weighted by Gasteiger charge is 2.21. The molecular formula is C15H13NO8. The third-order valence-corrected chi connectivity index (χ3v) is 3.01. The number of benzene rings is 1. The molecule has 0 spiro atoms. The number of hydrogen-bond acceptors (Lipinski definition) is 8. The van der Waals surface area contributed by atoms with Crippen LogP contribution in [0.25, 0.3) is 0 Å². The van der Waals surface area contributed by atoms with Gasteiger partial charge in [0.2, 0.25) is 11.5 Å². The molecule has 0 atom stereocenters. The molecule has 1 aromatic carbocycles. The van der Waals surface area contributed by atoms with Gasteiger partial charge < -0.3 is 18.6 Å². The van der Waals surface area contributed by atoms with Crippen LogP contribution in [0.2, 0.25) is 0 Å². The zero-order valence-electron chi connectivity index (χ0n) is 12.8. The van der Waals surface area contributed by atoms with E-state index >= 15 is 0 Å². The topological polar surface area (TPSA) is 118 Å². The molecule has 0 amide bonds. The first kappa shape index (κ1) is 17.0. The van der Waals surface area contributed by atoms with Crippen molar-refractivity contribution in [3.63, 3.8) is 0 Å².